The smallest absolute Gasteiger partial charge is 0.389 e. The van der Waals surface area contributed by atoms with E-state index in [1.54, 1.807) is 6.92 Å². The number of hydrogen-bond donors (Lipinski definition) is 15. The predicted molar refractivity (Wildman–Crippen MR) is 315 cm³/mol. The predicted octanol–water partition coefficient (Wildman–Crippen LogP) is -2.80. The number of aliphatic hydroxyl groups excluding tert-OH is 13. The van der Waals surface area contributed by atoms with Gasteiger partial charge in [0.2, 0.25) is 0 Å². The summed E-state index contributed by atoms with van der Waals surface area (Å²) in [6.07, 6.45) is -44.9. The second kappa shape index (κ2) is 28.9. The number of carbonyl (C=O) groups excluding carboxylic acids is 1. The fourth-order valence-corrected chi connectivity index (χ4v) is 17.7. The Morgan fingerprint density at radius 2 is 1.01 bits per heavy atom. The van der Waals surface area contributed by atoms with Crippen molar-refractivity contribution in [3.05, 3.63) is 11.6 Å². The highest BCUT2D eigenvalue weighted by molar-refractivity contribution is 7.80. The maximum absolute atomic E-state index is 13.3. The van der Waals surface area contributed by atoms with Gasteiger partial charge in [-0.05, 0) is 127 Å². The van der Waals surface area contributed by atoms with E-state index in [-0.39, 0.29) is 48.7 Å². The average Bonchev–Trinajstić information content (AvgIpc) is 1.33. The Balaban J connectivity index is 0.898. The van der Waals surface area contributed by atoms with Gasteiger partial charge in [0.1, 0.15) is 116 Å². The summed E-state index contributed by atoms with van der Waals surface area (Å²) in [5.74, 6) is -0.854. The van der Waals surface area contributed by atoms with Crippen molar-refractivity contribution in [2.75, 3.05) is 6.61 Å². The molecule has 32 heteroatoms. The molecule has 0 bridgehead atoms. The van der Waals surface area contributed by atoms with Crippen LogP contribution in [-0.4, -0.2) is 293 Å². The van der Waals surface area contributed by atoms with E-state index in [2.05, 4.69) is 19.9 Å². The lowest BCUT2D eigenvalue weighted by Crippen LogP contribution is -2.67. The van der Waals surface area contributed by atoms with Crippen LogP contribution in [0.3, 0.4) is 0 Å². The third-order valence-corrected chi connectivity index (χ3v) is 22.8. The van der Waals surface area contributed by atoms with Gasteiger partial charge in [0.15, 0.2) is 37.7 Å². The summed E-state index contributed by atoms with van der Waals surface area (Å²) in [5.41, 5.74) is -1.30. The van der Waals surface area contributed by atoms with E-state index in [4.69, 9.17) is 61.0 Å². The molecule has 0 aromatic rings. The van der Waals surface area contributed by atoms with Gasteiger partial charge in [0.05, 0.1) is 54.9 Å². The number of ketones is 1. The highest BCUT2D eigenvalue weighted by Gasteiger charge is 2.64. The molecule has 3 saturated carbocycles. The molecule has 0 aromatic heterocycles. The van der Waals surface area contributed by atoms with E-state index in [1.165, 1.54) is 34.6 Å². The van der Waals surface area contributed by atoms with Crippen molar-refractivity contribution in [2.24, 2.45) is 40.4 Å². The van der Waals surface area contributed by atoms with Gasteiger partial charge in [-0.1, -0.05) is 39.3 Å². The van der Waals surface area contributed by atoms with E-state index < -0.39 is 230 Å². The van der Waals surface area contributed by atoms with E-state index in [1.807, 2.05) is 13.8 Å². The fourth-order valence-electron chi connectivity index (χ4n) is 17.1. The molecule has 542 valence electrons. The first-order valence-electron chi connectivity index (χ1n) is 33.1. The number of aliphatic hydroxyl groups is 14. The van der Waals surface area contributed by atoms with Crippen molar-refractivity contribution < 1.29 is 150 Å². The minimum absolute atomic E-state index is 0.00310. The zero-order chi connectivity index (χ0) is 68.9. The Hall–Kier alpha value is -1.76. The molecule has 0 spiro atoms. The Labute approximate surface area is 546 Å². The van der Waals surface area contributed by atoms with Gasteiger partial charge in [-0.15, -0.1) is 0 Å². The maximum Gasteiger partial charge on any atom is 0.397 e. The molecule has 0 unspecified atom stereocenters. The van der Waals surface area contributed by atoms with Crippen molar-refractivity contribution >= 4 is 16.2 Å². The third kappa shape index (κ3) is 14.8. The van der Waals surface area contributed by atoms with E-state index in [0.29, 0.717) is 38.5 Å². The zero-order valence-electron chi connectivity index (χ0n) is 54.6. The molecule has 38 atom stereocenters. The molecule has 15 N–H and O–H groups in total. The summed E-state index contributed by atoms with van der Waals surface area (Å²) in [4.78, 5) is 13.3. The summed E-state index contributed by atoms with van der Waals surface area (Å²) in [6, 6.07) is 0. The number of fused-ring (bicyclic) bond motifs is 5. The normalized spacial score (nSPS) is 52.4. The van der Waals surface area contributed by atoms with Crippen LogP contribution < -0.4 is 0 Å². The Kier molecular flexibility index (Phi) is 23.1. The summed E-state index contributed by atoms with van der Waals surface area (Å²) >= 11 is 0. The molecule has 10 aliphatic rings. The number of allylic oxidation sites excluding steroid dienone is 2. The van der Waals surface area contributed by atoms with Crippen LogP contribution in [-0.2, 0) is 76.2 Å². The molecule has 0 radical (unpaired) electrons. The van der Waals surface area contributed by atoms with Gasteiger partial charge < -0.3 is 128 Å². The highest BCUT2D eigenvalue weighted by Crippen LogP contribution is 2.67. The first-order chi connectivity index (χ1) is 43.8. The largest absolute Gasteiger partial charge is 0.397 e. The van der Waals surface area contributed by atoms with E-state index in [9.17, 15) is 89.3 Å². The van der Waals surface area contributed by atoms with Crippen molar-refractivity contribution in [1.82, 2.24) is 0 Å². The first kappa shape index (κ1) is 74.9. The van der Waals surface area contributed by atoms with Gasteiger partial charge in [0.25, 0.3) is 0 Å². The number of Topliss-reactive ketones (excluding diaryl/α,β-unsaturated/α-hetero) is 1. The molecule has 6 heterocycles. The molecule has 0 aromatic carbocycles. The highest BCUT2D eigenvalue weighted by atomic mass is 32.3. The summed E-state index contributed by atoms with van der Waals surface area (Å²) in [5, 5.41) is 159. The molecule has 10 rings (SSSR count). The van der Waals surface area contributed by atoms with Crippen LogP contribution in [0.15, 0.2) is 11.6 Å². The lowest BCUT2D eigenvalue weighted by Gasteiger charge is -2.60. The number of hydrogen-bond acceptors (Lipinski definition) is 30. The van der Waals surface area contributed by atoms with Gasteiger partial charge >= 0.3 is 10.4 Å². The minimum atomic E-state index is -4.90. The Morgan fingerprint density at radius 1 is 0.553 bits per heavy atom. The lowest BCUT2D eigenvalue weighted by molar-refractivity contribution is -0.401. The molecular formula is C62H102O31S. The number of carbonyl (C=O) groups is 1. The van der Waals surface area contributed by atoms with Crippen LogP contribution in [0.25, 0.3) is 0 Å². The van der Waals surface area contributed by atoms with E-state index in [0.717, 1.165) is 5.57 Å². The topological polar surface area (TPSA) is 475 Å². The zero-order valence-corrected chi connectivity index (χ0v) is 55.4. The van der Waals surface area contributed by atoms with Crippen LogP contribution >= 0.6 is 0 Å². The lowest BCUT2D eigenvalue weighted by atomic mass is 9.47. The molecule has 6 aliphatic heterocycles. The van der Waals surface area contributed by atoms with Crippen LogP contribution in [0, 0.1) is 40.4 Å². The van der Waals surface area contributed by atoms with Gasteiger partial charge in [-0.3, -0.25) is 9.35 Å². The molecule has 31 nitrogen and oxygen atoms in total. The Bertz CT molecular complexity index is 2710. The van der Waals surface area contributed by atoms with Crippen LogP contribution in [0.4, 0.5) is 0 Å². The second-order valence-corrected chi connectivity index (χ2v) is 30.5. The molecule has 4 aliphatic carbocycles. The molecule has 94 heavy (non-hydrogen) atoms. The summed E-state index contributed by atoms with van der Waals surface area (Å²) < 4.78 is 113. The molecule has 0 amide bonds. The third-order valence-electron chi connectivity index (χ3n) is 22.3. The monoisotopic (exact) mass is 1370 g/mol. The van der Waals surface area contributed by atoms with Crippen LogP contribution in [0.5, 0.6) is 0 Å². The minimum Gasteiger partial charge on any atom is -0.389 e. The Morgan fingerprint density at radius 3 is 1.54 bits per heavy atom. The quantitative estimate of drug-likeness (QED) is 0.0459. The first-order valence-corrected chi connectivity index (χ1v) is 34.5. The molecule has 6 saturated heterocycles. The van der Waals surface area contributed by atoms with Crippen LogP contribution in [0.2, 0.25) is 0 Å². The number of rotatable bonds is 19. The van der Waals surface area contributed by atoms with Crippen molar-refractivity contribution in [2.45, 2.75) is 323 Å². The average molecular weight is 1380 g/mol. The number of ether oxygens (including phenoxy) is 12. The SMILES string of the molecule is CC(C)CC(=O)C[C@](C)(O)[C@H]1CC[C@H]2[C@@H]3C[C@H](O[C@@H]4O[C@H](C)[C@@H](O)[C@H](O[C@@H]5OC[C@@H](O[C@@H]6O[C@H](C)[C@@H](O)[C@H](O)[C@H]6O[C@@H]6O[C@H](C)[C@H](O)[C@H](O[C@@H]7O[C@H](C)[C@H](O)[C@H](O)[C@H]7O)[C@H]6O)[C@H](O)[C@H]5O[C@@H]5O[C@H](C)[C@@H](O)[C@H](O)[C@H]5O)[C@H]4O)[C@H]4C[C@@H](OS(=O)(=O)O)CC[C@]4(C)C3=CC[C@@]21C. The second-order valence-electron chi connectivity index (χ2n) is 29.4. The van der Waals surface area contributed by atoms with Crippen molar-refractivity contribution in [3.63, 3.8) is 0 Å². The van der Waals surface area contributed by atoms with Gasteiger partial charge in [-0.2, -0.15) is 8.42 Å². The maximum atomic E-state index is 13.3. The summed E-state index contributed by atoms with van der Waals surface area (Å²) in [6.45, 7) is 16.2. The standard InChI is InChI=1S/C62H102O31S/c1-22(2)17-28(63)20-62(10,77)36-12-11-31-30-19-34(33-18-29(93-94(78,79)80)13-15-60(33,8)32(30)14-16-61(31,36)9)87-56-48(75)51(41(68)26(6)84-56)90-58-52(91-55-47(74)44(71)38(65)24(4)83-55)42(69)35(21-81-58)88-59-53(45(72)39(66)25(5)86-59)92-57-49(76)50(40(67)27(7)85-57)89-54-46(73)43(70)37(64)23(3)82-54/h14,22-27,29-31,33-59,64-77H,11-13,15-21H2,1-10H3,(H,78,79,80)/t23-,24-,25-,26-,27-,29+,30+,31+,33-,34+,35-,36+,37+,38-,39-,40+,41-,42+,43+,44+,45+,46-,47-,48-,49-,50+,51+,52-,53-,54+,55+,56+,57+,58+,59+,60-,61+,62+/m1/s1. The fraction of sp³-hybridized carbons (Fsp3) is 0.952. The molecule has 9 fully saturated rings. The van der Waals surface area contributed by atoms with Crippen LogP contribution in [0.1, 0.15) is 127 Å². The van der Waals surface area contributed by atoms with Gasteiger partial charge in [0, 0.05) is 12.8 Å². The van der Waals surface area contributed by atoms with Gasteiger partial charge in [-0.25, -0.2) is 4.18 Å². The van der Waals surface area contributed by atoms with E-state index >= 15 is 0 Å². The van der Waals surface area contributed by atoms with Crippen molar-refractivity contribution in [1.29, 1.82) is 0 Å². The molecular weight excluding hydrogens is 1270 g/mol. The van der Waals surface area contributed by atoms with Crippen molar-refractivity contribution in [3.8, 4) is 0 Å². The summed E-state index contributed by atoms with van der Waals surface area (Å²) in [7, 11) is -4.90.